The number of benzene rings is 1. The Hall–Kier alpha value is -1.60. The number of hydrogen-bond donors (Lipinski definition) is 2. The molecule has 1 heterocycles. The van der Waals surface area contributed by atoms with Crippen molar-refractivity contribution in [3.63, 3.8) is 0 Å². The van der Waals surface area contributed by atoms with E-state index in [0.717, 1.165) is 6.07 Å². The maximum Gasteiger partial charge on any atom is 0.416 e. The Morgan fingerprint density at radius 3 is 2.68 bits per heavy atom. The van der Waals surface area contributed by atoms with Crippen LogP contribution in [0, 0.1) is 0 Å². The predicted molar refractivity (Wildman–Crippen MR) is 74.7 cm³/mol. The topological polar surface area (TPSA) is 66.6 Å². The number of alkyl halides is 3. The van der Waals surface area contributed by atoms with Crippen molar-refractivity contribution < 1.29 is 23.1 Å². The summed E-state index contributed by atoms with van der Waals surface area (Å²) >= 11 is 0. The van der Waals surface area contributed by atoms with E-state index in [9.17, 15) is 23.1 Å². The van der Waals surface area contributed by atoms with Gasteiger partial charge in [-0.15, -0.1) is 0 Å². The molecular formula is C15H19F3N2O2. The number of carbonyl (C=O) groups excluding carboxylic acids is 1. The molecule has 7 heteroatoms. The van der Waals surface area contributed by atoms with E-state index in [1.54, 1.807) is 11.0 Å². The van der Waals surface area contributed by atoms with Gasteiger partial charge in [-0.1, -0.05) is 18.2 Å². The van der Waals surface area contributed by atoms with Crippen LogP contribution in [0.15, 0.2) is 24.3 Å². The molecule has 0 spiro atoms. The van der Waals surface area contributed by atoms with Crippen LogP contribution in [0.3, 0.4) is 0 Å². The van der Waals surface area contributed by atoms with Gasteiger partial charge in [-0.3, -0.25) is 9.69 Å². The molecule has 3 N–H and O–H groups in total. The van der Waals surface area contributed by atoms with E-state index >= 15 is 0 Å². The lowest BCUT2D eigenvalue weighted by atomic mass is 9.89. The number of amides is 1. The summed E-state index contributed by atoms with van der Waals surface area (Å²) in [5.74, 6) is -0.611. The van der Waals surface area contributed by atoms with Crippen LogP contribution in [0.1, 0.15) is 30.4 Å². The number of likely N-dealkylation sites (tertiary alicyclic amines) is 1. The van der Waals surface area contributed by atoms with Crippen molar-refractivity contribution in [1.29, 1.82) is 0 Å². The number of carbonyl (C=O) groups is 1. The molecule has 0 aromatic heterocycles. The lowest BCUT2D eigenvalue weighted by molar-refractivity contribution is -0.138. The summed E-state index contributed by atoms with van der Waals surface area (Å²) in [7, 11) is 0. The Labute approximate surface area is 126 Å². The molecule has 1 aliphatic heterocycles. The van der Waals surface area contributed by atoms with E-state index in [4.69, 9.17) is 5.73 Å². The Morgan fingerprint density at radius 2 is 2.05 bits per heavy atom. The van der Waals surface area contributed by atoms with Gasteiger partial charge in [0.25, 0.3) is 0 Å². The Balaban J connectivity index is 2.13. The van der Waals surface area contributed by atoms with Gasteiger partial charge >= 0.3 is 6.18 Å². The zero-order valence-corrected chi connectivity index (χ0v) is 12.1. The van der Waals surface area contributed by atoms with Crippen LogP contribution in [0.2, 0.25) is 0 Å². The Bertz CT molecular complexity index is 548. The average molecular weight is 316 g/mol. The average Bonchev–Trinajstić information content (AvgIpc) is 2.36. The fourth-order valence-corrected chi connectivity index (χ4v) is 2.99. The normalized spacial score (nSPS) is 23.5. The number of hydrogen-bond acceptors (Lipinski definition) is 3. The van der Waals surface area contributed by atoms with Crippen molar-refractivity contribution in [3.05, 3.63) is 35.4 Å². The SMILES string of the molecule is NC(=O)CC1(O)CCCN(Cc2ccccc2C(F)(F)F)C1. The first kappa shape index (κ1) is 16.8. The summed E-state index contributed by atoms with van der Waals surface area (Å²) in [6.07, 6.45) is -3.55. The summed E-state index contributed by atoms with van der Waals surface area (Å²) in [5, 5.41) is 10.4. The summed E-state index contributed by atoms with van der Waals surface area (Å²) in [5.41, 5.74) is 3.37. The lowest BCUT2D eigenvalue weighted by Gasteiger charge is -2.39. The van der Waals surface area contributed by atoms with Gasteiger partial charge in [-0.05, 0) is 31.0 Å². The van der Waals surface area contributed by atoms with Crippen LogP contribution >= 0.6 is 0 Å². The van der Waals surface area contributed by atoms with Crippen LogP contribution in [0.4, 0.5) is 13.2 Å². The number of β-amino-alcohol motifs (C(OH)–C–C–N with tert-alkyl or cyclic N) is 1. The number of nitrogens with two attached hydrogens (primary N) is 1. The highest BCUT2D eigenvalue weighted by molar-refractivity contribution is 5.75. The first-order valence-electron chi connectivity index (χ1n) is 7.08. The first-order valence-corrected chi connectivity index (χ1v) is 7.08. The third-order valence-electron chi connectivity index (χ3n) is 3.85. The fraction of sp³-hybridized carbons (Fsp3) is 0.533. The molecule has 4 nitrogen and oxygen atoms in total. The van der Waals surface area contributed by atoms with Crippen LogP contribution in [-0.2, 0) is 17.5 Å². The molecule has 0 saturated carbocycles. The molecule has 1 atom stereocenters. The summed E-state index contributed by atoms with van der Waals surface area (Å²) in [6, 6.07) is 5.40. The van der Waals surface area contributed by atoms with Gasteiger partial charge in [0.2, 0.25) is 5.91 Å². The molecule has 2 rings (SSSR count). The van der Waals surface area contributed by atoms with Gasteiger partial charge in [0.05, 0.1) is 17.6 Å². The van der Waals surface area contributed by atoms with Crippen LogP contribution in [0.25, 0.3) is 0 Å². The molecule has 0 radical (unpaired) electrons. The lowest BCUT2D eigenvalue weighted by Crippen LogP contribution is -2.49. The fourth-order valence-electron chi connectivity index (χ4n) is 2.99. The summed E-state index contributed by atoms with van der Waals surface area (Å²) in [6.45, 7) is 0.798. The van der Waals surface area contributed by atoms with Crippen LogP contribution in [0.5, 0.6) is 0 Å². The van der Waals surface area contributed by atoms with E-state index in [2.05, 4.69) is 0 Å². The highest BCUT2D eigenvalue weighted by atomic mass is 19.4. The Morgan fingerprint density at radius 1 is 1.36 bits per heavy atom. The van der Waals surface area contributed by atoms with Crippen LogP contribution < -0.4 is 5.73 Å². The molecule has 1 aliphatic rings. The maximum atomic E-state index is 13.0. The zero-order chi connectivity index (χ0) is 16.4. The van der Waals surface area contributed by atoms with E-state index in [1.807, 2.05) is 0 Å². The van der Waals surface area contributed by atoms with E-state index in [0.29, 0.717) is 19.4 Å². The van der Waals surface area contributed by atoms with Crippen molar-refractivity contribution in [2.75, 3.05) is 13.1 Å². The van der Waals surface area contributed by atoms with E-state index in [1.165, 1.54) is 12.1 Å². The minimum absolute atomic E-state index is 0.0801. The van der Waals surface area contributed by atoms with E-state index < -0.39 is 23.2 Å². The van der Waals surface area contributed by atoms with Crippen molar-refractivity contribution in [3.8, 4) is 0 Å². The minimum atomic E-state index is -4.41. The maximum absolute atomic E-state index is 13.0. The highest BCUT2D eigenvalue weighted by Crippen LogP contribution is 2.33. The first-order chi connectivity index (χ1) is 10.2. The summed E-state index contributed by atoms with van der Waals surface area (Å²) in [4.78, 5) is 12.8. The van der Waals surface area contributed by atoms with Gasteiger partial charge in [-0.25, -0.2) is 0 Å². The standard InChI is InChI=1S/C15H19F3N2O2/c16-15(17,18)12-5-2-1-4-11(12)9-20-7-3-6-14(22,10-20)8-13(19)21/h1-2,4-5,22H,3,6-10H2,(H2,19,21). The predicted octanol–water partition coefficient (Wildman–Crippen LogP) is 1.91. The second-order valence-corrected chi connectivity index (χ2v) is 5.84. The number of primary amides is 1. The molecule has 1 unspecified atom stereocenters. The van der Waals surface area contributed by atoms with E-state index in [-0.39, 0.29) is 25.1 Å². The van der Waals surface area contributed by atoms with Crippen LogP contribution in [-0.4, -0.2) is 34.6 Å². The van der Waals surface area contributed by atoms with Gasteiger partial charge in [0.1, 0.15) is 0 Å². The minimum Gasteiger partial charge on any atom is -0.388 e. The molecule has 1 fully saturated rings. The number of rotatable bonds is 4. The van der Waals surface area contributed by atoms with Crippen molar-refractivity contribution in [2.24, 2.45) is 5.73 Å². The highest BCUT2D eigenvalue weighted by Gasteiger charge is 2.37. The number of aliphatic hydroxyl groups is 1. The smallest absolute Gasteiger partial charge is 0.388 e. The largest absolute Gasteiger partial charge is 0.416 e. The molecule has 1 aromatic rings. The molecule has 0 bridgehead atoms. The number of nitrogens with zero attached hydrogens (tertiary/aromatic N) is 1. The molecule has 1 aromatic carbocycles. The second kappa shape index (κ2) is 6.26. The third-order valence-corrected chi connectivity index (χ3v) is 3.85. The van der Waals surface area contributed by atoms with Crippen molar-refractivity contribution in [1.82, 2.24) is 4.90 Å². The van der Waals surface area contributed by atoms with Gasteiger partial charge in [0.15, 0.2) is 0 Å². The van der Waals surface area contributed by atoms with Gasteiger partial charge in [-0.2, -0.15) is 13.2 Å². The Kier molecular flexibility index (Phi) is 4.77. The quantitative estimate of drug-likeness (QED) is 0.892. The zero-order valence-electron chi connectivity index (χ0n) is 12.1. The molecule has 1 saturated heterocycles. The molecular weight excluding hydrogens is 297 g/mol. The van der Waals surface area contributed by atoms with Crippen molar-refractivity contribution in [2.45, 2.75) is 37.6 Å². The molecule has 122 valence electrons. The molecule has 0 aliphatic carbocycles. The monoisotopic (exact) mass is 316 g/mol. The third kappa shape index (κ3) is 4.20. The second-order valence-electron chi connectivity index (χ2n) is 5.84. The molecule has 1 amide bonds. The van der Waals surface area contributed by atoms with Gasteiger partial charge in [0, 0.05) is 13.1 Å². The number of piperidine rings is 1. The molecule has 22 heavy (non-hydrogen) atoms. The van der Waals surface area contributed by atoms with Crippen molar-refractivity contribution >= 4 is 5.91 Å². The van der Waals surface area contributed by atoms with Gasteiger partial charge < -0.3 is 10.8 Å². The summed E-state index contributed by atoms with van der Waals surface area (Å²) < 4.78 is 39.0. The number of halogens is 3.